The van der Waals surface area contributed by atoms with Crippen molar-refractivity contribution in [2.45, 2.75) is 45.8 Å². The van der Waals surface area contributed by atoms with E-state index in [9.17, 15) is 4.79 Å². The Morgan fingerprint density at radius 1 is 1.41 bits per heavy atom. The molecule has 98 valence electrons. The Balaban J connectivity index is 2.73. The molecule has 0 aromatic heterocycles. The second kappa shape index (κ2) is 4.98. The van der Waals surface area contributed by atoms with E-state index in [1.54, 1.807) is 0 Å². The summed E-state index contributed by atoms with van der Waals surface area (Å²) in [7, 11) is 1.41. The van der Waals surface area contributed by atoms with Crippen molar-refractivity contribution in [2.24, 2.45) is 5.92 Å². The number of esters is 1. The first-order chi connectivity index (χ1) is 7.74. The Morgan fingerprint density at radius 3 is 2.47 bits per heavy atom. The zero-order valence-corrected chi connectivity index (χ0v) is 11.4. The van der Waals surface area contributed by atoms with Gasteiger partial charge in [-0.2, -0.15) is 0 Å². The van der Waals surface area contributed by atoms with Gasteiger partial charge in [-0.25, -0.2) is 4.79 Å². The van der Waals surface area contributed by atoms with Crippen molar-refractivity contribution >= 4 is 5.97 Å². The zero-order valence-electron chi connectivity index (χ0n) is 11.4. The fourth-order valence-electron chi connectivity index (χ4n) is 2.09. The van der Waals surface area contributed by atoms with Crippen LogP contribution in [0.1, 0.15) is 34.1 Å². The van der Waals surface area contributed by atoms with Crippen LogP contribution in [0.4, 0.5) is 0 Å². The van der Waals surface area contributed by atoms with Crippen molar-refractivity contribution in [1.29, 1.82) is 0 Å². The quantitative estimate of drug-likeness (QED) is 0.560. The van der Waals surface area contributed by atoms with Gasteiger partial charge < -0.3 is 14.4 Å². The molecule has 1 aliphatic heterocycles. The third-order valence-corrected chi connectivity index (χ3v) is 2.73. The Kier molecular flexibility index (Phi) is 4.07. The second-order valence-electron chi connectivity index (χ2n) is 5.64. The first kappa shape index (κ1) is 13.9. The molecule has 1 fully saturated rings. The average molecular weight is 241 g/mol. The monoisotopic (exact) mass is 241 g/mol. The maximum Gasteiger partial charge on any atom is 0.328 e. The lowest BCUT2D eigenvalue weighted by Gasteiger charge is -2.31. The van der Waals surface area contributed by atoms with Crippen molar-refractivity contribution in [3.05, 3.63) is 12.5 Å². The summed E-state index contributed by atoms with van der Waals surface area (Å²) in [6, 6.07) is -0.259. The lowest BCUT2D eigenvalue weighted by atomic mass is 10.1. The molecule has 0 aliphatic carbocycles. The first-order valence-electron chi connectivity index (χ1n) is 5.97. The number of ether oxygens (including phenoxy) is 2. The first-order valence-corrected chi connectivity index (χ1v) is 5.97. The summed E-state index contributed by atoms with van der Waals surface area (Å²) in [5.74, 6) is 0.782. The van der Waals surface area contributed by atoms with E-state index in [1.165, 1.54) is 7.11 Å². The number of nitrogens with zero attached hydrogens (tertiary/aromatic N) is 1. The molecule has 1 saturated heterocycles. The van der Waals surface area contributed by atoms with Crippen molar-refractivity contribution in [1.82, 2.24) is 4.90 Å². The number of carbonyl (C=O) groups excluding carboxylic acids is 1. The molecule has 2 atom stereocenters. The van der Waals surface area contributed by atoms with Gasteiger partial charge in [-0.05, 0) is 39.7 Å². The van der Waals surface area contributed by atoms with E-state index in [4.69, 9.17) is 9.47 Å². The lowest BCUT2D eigenvalue weighted by molar-refractivity contribution is -0.146. The minimum Gasteiger partial charge on any atom is -0.474 e. The van der Waals surface area contributed by atoms with E-state index < -0.39 is 0 Å². The molecular weight excluding hydrogens is 218 g/mol. The van der Waals surface area contributed by atoms with Crippen LogP contribution in [0.25, 0.3) is 0 Å². The molecule has 4 nitrogen and oxygen atoms in total. The molecule has 2 unspecified atom stereocenters. The van der Waals surface area contributed by atoms with Gasteiger partial charge in [0, 0.05) is 6.54 Å². The van der Waals surface area contributed by atoms with Crippen LogP contribution in [0.2, 0.25) is 0 Å². The van der Waals surface area contributed by atoms with Crippen LogP contribution in [0, 0.1) is 5.92 Å². The second-order valence-corrected chi connectivity index (χ2v) is 5.64. The van der Waals surface area contributed by atoms with Gasteiger partial charge in [0.05, 0.1) is 7.11 Å². The Morgan fingerprint density at radius 2 is 2.00 bits per heavy atom. The number of hydrogen-bond acceptors (Lipinski definition) is 4. The molecule has 1 rings (SSSR count). The normalized spacial score (nSPS) is 24.6. The van der Waals surface area contributed by atoms with Gasteiger partial charge in [-0.3, -0.25) is 0 Å². The highest BCUT2D eigenvalue weighted by atomic mass is 16.5. The van der Waals surface area contributed by atoms with Crippen LogP contribution in [0.15, 0.2) is 12.5 Å². The van der Waals surface area contributed by atoms with Gasteiger partial charge in [0.2, 0.25) is 0 Å². The smallest absolute Gasteiger partial charge is 0.328 e. The molecule has 0 radical (unpaired) electrons. The predicted molar refractivity (Wildman–Crippen MR) is 66.3 cm³/mol. The molecule has 4 heteroatoms. The highest BCUT2D eigenvalue weighted by molar-refractivity contribution is 5.76. The number of methoxy groups -OCH3 is 1. The summed E-state index contributed by atoms with van der Waals surface area (Å²) in [5.41, 5.74) is -0.302. The molecule has 0 amide bonds. The number of rotatable bonds is 3. The summed E-state index contributed by atoms with van der Waals surface area (Å²) in [6.45, 7) is 12.7. The van der Waals surface area contributed by atoms with Gasteiger partial charge in [0.1, 0.15) is 11.6 Å². The molecular formula is C13H23NO3. The Hall–Kier alpha value is -1.19. The molecule has 17 heavy (non-hydrogen) atoms. The fraction of sp³-hybridized carbons (Fsp3) is 0.769. The van der Waals surface area contributed by atoms with Crippen LogP contribution in [0.3, 0.4) is 0 Å². The standard InChI is InChI=1S/C13H23NO3/c1-9-7-11(12(15)16-6)14(8-9)10(2)17-13(3,4)5/h9,11H,2,7-8H2,1,3-6H3. The van der Waals surface area contributed by atoms with Crippen molar-refractivity contribution < 1.29 is 14.3 Å². The van der Waals surface area contributed by atoms with Crippen molar-refractivity contribution in [3.63, 3.8) is 0 Å². The van der Waals surface area contributed by atoms with Crippen LogP contribution >= 0.6 is 0 Å². The van der Waals surface area contributed by atoms with E-state index in [1.807, 2.05) is 25.7 Å². The van der Waals surface area contributed by atoms with Crippen LogP contribution < -0.4 is 0 Å². The third-order valence-electron chi connectivity index (χ3n) is 2.73. The molecule has 0 N–H and O–H groups in total. The molecule has 0 aromatic rings. The van der Waals surface area contributed by atoms with E-state index in [2.05, 4.69) is 13.5 Å². The van der Waals surface area contributed by atoms with Crippen LogP contribution in [0.5, 0.6) is 0 Å². The highest BCUT2D eigenvalue weighted by Gasteiger charge is 2.37. The van der Waals surface area contributed by atoms with E-state index in [0.29, 0.717) is 11.8 Å². The Bertz CT molecular complexity index is 306. The predicted octanol–water partition coefficient (Wildman–Crippen LogP) is 2.16. The fourth-order valence-corrected chi connectivity index (χ4v) is 2.09. The topological polar surface area (TPSA) is 38.8 Å². The van der Waals surface area contributed by atoms with E-state index >= 15 is 0 Å². The SMILES string of the molecule is C=C(OC(C)(C)C)N1CC(C)CC1C(=O)OC. The maximum atomic E-state index is 11.7. The molecule has 0 aromatic carbocycles. The minimum absolute atomic E-state index is 0.215. The summed E-state index contributed by atoms with van der Waals surface area (Å²) in [6.07, 6.45) is 0.791. The van der Waals surface area contributed by atoms with E-state index in [-0.39, 0.29) is 17.6 Å². The summed E-state index contributed by atoms with van der Waals surface area (Å²) in [4.78, 5) is 13.6. The third kappa shape index (κ3) is 3.65. The molecule has 0 spiro atoms. The van der Waals surface area contributed by atoms with Gasteiger partial charge in [0.25, 0.3) is 0 Å². The summed E-state index contributed by atoms with van der Waals surface area (Å²) in [5, 5.41) is 0. The maximum absolute atomic E-state index is 11.7. The molecule has 0 bridgehead atoms. The minimum atomic E-state index is -0.302. The largest absolute Gasteiger partial charge is 0.474 e. The number of likely N-dealkylation sites (tertiary alicyclic amines) is 1. The van der Waals surface area contributed by atoms with Gasteiger partial charge in [-0.15, -0.1) is 0 Å². The zero-order chi connectivity index (χ0) is 13.2. The molecule has 0 saturated carbocycles. The molecule has 1 aliphatic rings. The van der Waals surface area contributed by atoms with Crippen LogP contribution in [-0.4, -0.2) is 36.2 Å². The van der Waals surface area contributed by atoms with Crippen molar-refractivity contribution in [2.75, 3.05) is 13.7 Å². The highest BCUT2D eigenvalue weighted by Crippen LogP contribution is 2.29. The van der Waals surface area contributed by atoms with Gasteiger partial charge in [-0.1, -0.05) is 6.92 Å². The average Bonchev–Trinajstić information content (AvgIpc) is 2.56. The van der Waals surface area contributed by atoms with Gasteiger partial charge >= 0.3 is 5.97 Å². The summed E-state index contributed by atoms with van der Waals surface area (Å²) >= 11 is 0. The number of hydrogen-bond donors (Lipinski definition) is 0. The number of carbonyl (C=O) groups is 1. The van der Waals surface area contributed by atoms with Crippen LogP contribution in [-0.2, 0) is 14.3 Å². The van der Waals surface area contributed by atoms with Gasteiger partial charge in [0.15, 0.2) is 5.88 Å². The lowest BCUT2D eigenvalue weighted by Crippen LogP contribution is -2.38. The molecule has 1 heterocycles. The van der Waals surface area contributed by atoms with E-state index in [0.717, 1.165) is 13.0 Å². The summed E-state index contributed by atoms with van der Waals surface area (Å²) < 4.78 is 10.5. The Labute approximate surface area is 104 Å². The van der Waals surface area contributed by atoms with Crippen molar-refractivity contribution in [3.8, 4) is 0 Å².